The Hall–Kier alpha value is -2.29. The molecule has 1 aliphatic heterocycles. The highest BCUT2D eigenvalue weighted by Gasteiger charge is 2.38. The molecule has 0 bridgehead atoms. The van der Waals surface area contributed by atoms with Crippen molar-refractivity contribution < 1.29 is 4.74 Å². The second kappa shape index (κ2) is 5.84. The van der Waals surface area contributed by atoms with E-state index >= 15 is 0 Å². The van der Waals surface area contributed by atoms with E-state index in [1.165, 1.54) is 11.3 Å². The van der Waals surface area contributed by atoms with Crippen LogP contribution in [-0.4, -0.2) is 17.9 Å². The predicted molar refractivity (Wildman–Crippen MR) is 88.1 cm³/mol. The first kappa shape index (κ1) is 13.4. The Kier molecular flexibility index (Phi) is 3.55. The predicted octanol–water partition coefficient (Wildman–Crippen LogP) is 3.61. The summed E-state index contributed by atoms with van der Waals surface area (Å²) in [4.78, 5) is 0. The summed E-state index contributed by atoms with van der Waals surface area (Å²) in [5, 5.41) is 4.60. The lowest BCUT2D eigenvalue weighted by Crippen LogP contribution is -2.40. The maximum atomic E-state index is 6.11. The average Bonchev–Trinajstić information content (AvgIpc) is 3.00. The third-order valence-corrected chi connectivity index (χ3v) is 4.62. The second-order valence-corrected chi connectivity index (χ2v) is 6.07. The van der Waals surface area contributed by atoms with Crippen LogP contribution in [0.5, 0.6) is 5.75 Å². The molecule has 1 N–H and O–H groups in total. The van der Waals surface area contributed by atoms with Gasteiger partial charge in [0.1, 0.15) is 11.9 Å². The maximum Gasteiger partial charge on any atom is 0.119 e. The zero-order valence-electron chi connectivity index (χ0n) is 12.5. The summed E-state index contributed by atoms with van der Waals surface area (Å²) < 4.78 is 6.11. The molecule has 3 unspecified atom stereocenters. The van der Waals surface area contributed by atoms with Crippen molar-refractivity contribution in [1.82, 2.24) is 5.43 Å². The van der Waals surface area contributed by atoms with Crippen molar-refractivity contribution in [1.29, 1.82) is 0 Å². The number of benzene rings is 2. The van der Waals surface area contributed by atoms with Crippen molar-refractivity contribution in [3.8, 4) is 5.75 Å². The minimum Gasteiger partial charge on any atom is -0.490 e. The highest BCUT2D eigenvalue weighted by atomic mass is 16.5. The van der Waals surface area contributed by atoms with Gasteiger partial charge in [-0.15, -0.1) is 0 Å². The molecule has 4 rings (SSSR count). The zero-order valence-corrected chi connectivity index (χ0v) is 12.5. The summed E-state index contributed by atoms with van der Waals surface area (Å²) in [5.41, 5.74) is 5.78. The first-order chi connectivity index (χ1) is 10.9. The molecule has 0 spiro atoms. The molecule has 1 saturated carbocycles. The molecule has 3 heteroatoms. The van der Waals surface area contributed by atoms with E-state index in [2.05, 4.69) is 40.9 Å². The molecule has 1 heterocycles. The van der Waals surface area contributed by atoms with E-state index in [4.69, 9.17) is 4.74 Å². The largest absolute Gasteiger partial charge is 0.490 e. The smallest absolute Gasteiger partial charge is 0.119 e. The van der Waals surface area contributed by atoms with Gasteiger partial charge in [-0.25, -0.2) is 0 Å². The van der Waals surface area contributed by atoms with Crippen LogP contribution in [0.4, 0.5) is 0 Å². The van der Waals surface area contributed by atoms with Gasteiger partial charge in [0.2, 0.25) is 0 Å². The summed E-state index contributed by atoms with van der Waals surface area (Å²) in [6, 6.07) is 21.0. The van der Waals surface area contributed by atoms with E-state index in [1.54, 1.807) is 0 Å². The fraction of sp³-hybridized carbons (Fsp3) is 0.316. The molecule has 0 radical (unpaired) electrons. The average molecular weight is 292 g/mol. The molecule has 2 aromatic carbocycles. The van der Waals surface area contributed by atoms with Crippen LogP contribution in [0, 0.1) is 5.92 Å². The Labute approximate surface area is 131 Å². The normalized spacial score (nSPS) is 26.7. The number of hydrogen-bond donors (Lipinski definition) is 1. The van der Waals surface area contributed by atoms with E-state index in [9.17, 15) is 0 Å². The first-order valence-corrected chi connectivity index (χ1v) is 8.00. The van der Waals surface area contributed by atoms with Crippen LogP contribution >= 0.6 is 0 Å². The first-order valence-electron chi connectivity index (χ1n) is 8.00. The Morgan fingerprint density at radius 3 is 2.41 bits per heavy atom. The number of hydrazone groups is 1. The minimum atomic E-state index is 0.279. The topological polar surface area (TPSA) is 33.6 Å². The molecule has 0 aromatic heterocycles. The third-order valence-electron chi connectivity index (χ3n) is 4.62. The summed E-state index contributed by atoms with van der Waals surface area (Å²) in [5.74, 6) is 1.48. The molecule has 2 aliphatic rings. The fourth-order valence-corrected chi connectivity index (χ4v) is 3.52. The van der Waals surface area contributed by atoms with Crippen LogP contribution in [-0.2, 0) is 0 Å². The number of hydrogen-bond acceptors (Lipinski definition) is 3. The summed E-state index contributed by atoms with van der Waals surface area (Å²) in [7, 11) is 0. The van der Waals surface area contributed by atoms with Gasteiger partial charge in [0.25, 0.3) is 0 Å². The van der Waals surface area contributed by atoms with Gasteiger partial charge >= 0.3 is 0 Å². The molecule has 3 atom stereocenters. The van der Waals surface area contributed by atoms with Gasteiger partial charge in [-0.05, 0) is 30.5 Å². The van der Waals surface area contributed by atoms with Gasteiger partial charge in [0.05, 0.1) is 11.8 Å². The molecule has 112 valence electrons. The number of fused-ring (bicyclic) bond motifs is 1. The number of nitrogens with one attached hydrogen (secondary N) is 1. The van der Waals surface area contributed by atoms with Crippen LogP contribution in [0.1, 0.15) is 24.8 Å². The van der Waals surface area contributed by atoms with Crippen molar-refractivity contribution in [2.45, 2.75) is 31.4 Å². The highest BCUT2D eigenvalue weighted by Crippen LogP contribution is 2.33. The monoisotopic (exact) mass is 292 g/mol. The van der Waals surface area contributed by atoms with E-state index in [0.29, 0.717) is 12.0 Å². The third kappa shape index (κ3) is 2.59. The second-order valence-electron chi connectivity index (χ2n) is 6.07. The lowest BCUT2D eigenvalue weighted by atomic mass is 9.79. The zero-order chi connectivity index (χ0) is 14.8. The Morgan fingerprint density at radius 1 is 0.909 bits per heavy atom. The van der Waals surface area contributed by atoms with Gasteiger partial charge in [-0.3, -0.25) is 0 Å². The van der Waals surface area contributed by atoms with E-state index < -0.39 is 0 Å². The summed E-state index contributed by atoms with van der Waals surface area (Å²) in [6.45, 7) is 0. The maximum absolute atomic E-state index is 6.11. The molecular formula is C19H20N2O. The SMILES string of the molecule is c1ccc(OC2CCC3C(c4ccccc4)=NNC3C2)cc1. The summed E-state index contributed by atoms with van der Waals surface area (Å²) in [6.07, 6.45) is 3.51. The lowest BCUT2D eigenvalue weighted by Gasteiger charge is -2.32. The molecule has 3 nitrogen and oxygen atoms in total. The van der Waals surface area contributed by atoms with Crippen LogP contribution in [0.3, 0.4) is 0 Å². The van der Waals surface area contributed by atoms with Gasteiger partial charge in [0.15, 0.2) is 0 Å². The number of rotatable bonds is 3. The Morgan fingerprint density at radius 2 is 1.64 bits per heavy atom. The molecule has 0 amide bonds. The van der Waals surface area contributed by atoms with E-state index in [1.807, 2.05) is 30.3 Å². The van der Waals surface area contributed by atoms with Gasteiger partial charge < -0.3 is 10.2 Å². The fourth-order valence-electron chi connectivity index (χ4n) is 3.52. The van der Waals surface area contributed by atoms with E-state index in [-0.39, 0.29) is 6.10 Å². The highest BCUT2D eigenvalue weighted by molar-refractivity contribution is 6.03. The van der Waals surface area contributed by atoms with Crippen molar-refractivity contribution in [3.63, 3.8) is 0 Å². The quantitative estimate of drug-likeness (QED) is 0.937. The van der Waals surface area contributed by atoms with E-state index in [0.717, 1.165) is 25.0 Å². The standard InChI is InChI=1S/C19H20N2O/c1-3-7-14(8-4-1)19-17-12-11-16(13-18(17)20-21-19)22-15-9-5-2-6-10-15/h1-10,16-18,20H,11-13H2. The Bertz CT molecular complexity index is 654. The van der Waals surface area contributed by atoms with Crippen molar-refractivity contribution in [2.75, 3.05) is 0 Å². The Balaban J connectivity index is 1.43. The van der Waals surface area contributed by atoms with Crippen molar-refractivity contribution in [2.24, 2.45) is 11.0 Å². The molecule has 0 saturated heterocycles. The van der Waals surface area contributed by atoms with Crippen molar-refractivity contribution >= 4 is 5.71 Å². The molecule has 2 aromatic rings. The van der Waals surface area contributed by atoms with Crippen LogP contribution in [0.2, 0.25) is 0 Å². The van der Waals surface area contributed by atoms with Crippen LogP contribution < -0.4 is 10.2 Å². The minimum absolute atomic E-state index is 0.279. The van der Waals surface area contributed by atoms with Gasteiger partial charge in [0, 0.05) is 12.3 Å². The number of nitrogens with zero attached hydrogens (tertiary/aromatic N) is 1. The molecule has 22 heavy (non-hydrogen) atoms. The number of para-hydroxylation sites is 1. The van der Waals surface area contributed by atoms with Gasteiger partial charge in [-0.1, -0.05) is 48.5 Å². The van der Waals surface area contributed by atoms with Crippen LogP contribution in [0.15, 0.2) is 65.8 Å². The van der Waals surface area contributed by atoms with Crippen molar-refractivity contribution in [3.05, 3.63) is 66.2 Å². The van der Waals surface area contributed by atoms with Gasteiger partial charge in [-0.2, -0.15) is 5.10 Å². The summed E-state index contributed by atoms with van der Waals surface area (Å²) >= 11 is 0. The lowest BCUT2D eigenvalue weighted by molar-refractivity contribution is 0.127. The number of ether oxygens (including phenoxy) is 1. The molecule has 1 fully saturated rings. The molecule has 1 aliphatic carbocycles. The van der Waals surface area contributed by atoms with Crippen LogP contribution in [0.25, 0.3) is 0 Å². The molecular weight excluding hydrogens is 272 g/mol.